The first-order chi connectivity index (χ1) is 13.4. The number of benzene rings is 1. The van der Waals surface area contributed by atoms with E-state index in [0.717, 1.165) is 11.8 Å². The van der Waals surface area contributed by atoms with E-state index in [1.807, 2.05) is 6.07 Å². The van der Waals surface area contributed by atoms with Crippen LogP contribution in [0.3, 0.4) is 0 Å². The summed E-state index contributed by atoms with van der Waals surface area (Å²) in [4.78, 5) is 22.8. The van der Waals surface area contributed by atoms with Crippen LogP contribution in [0.1, 0.15) is 24.9 Å². The Morgan fingerprint density at radius 3 is 2.79 bits per heavy atom. The van der Waals surface area contributed by atoms with Crippen LogP contribution in [-0.4, -0.2) is 30.4 Å². The molecule has 3 rings (SSSR count). The van der Waals surface area contributed by atoms with E-state index in [1.165, 1.54) is 10.9 Å². The minimum atomic E-state index is -0.690. The van der Waals surface area contributed by atoms with E-state index in [2.05, 4.69) is 15.5 Å². The SMILES string of the molecule is CCC(C(=O)Nc1ccn(Cc2ccc(Cl)cc2Cl)n1)n1cc([N+](=O)[O-])cn1. The highest BCUT2D eigenvalue weighted by Gasteiger charge is 2.22. The van der Waals surface area contributed by atoms with Crippen molar-refractivity contribution < 1.29 is 9.72 Å². The van der Waals surface area contributed by atoms with Crippen LogP contribution in [0.25, 0.3) is 0 Å². The van der Waals surface area contributed by atoms with Crippen LogP contribution in [-0.2, 0) is 11.3 Å². The molecule has 2 aromatic heterocycles. The molecule has 0 spiro atoms. The maximum Gasteiger partial charge on any atom is 0.307 e. The van der Waals surface area contributed by atoms with Gasteiger partial charge in [0.15, 0.2) is 5.82 Å². The maximum atomic E-state index is 12.6. The van der Waals surface area contributed by atoms with Gasteiger partial charge in [0.2, 0.25) is 5.91 Å². The molecule has 28 heavy (non-hydrogen) atoms. The molecule has 1 atom stereocenters. The summed E-state index contributed by atoms with van der Waals surface area (Å²) in [6.45, 7) is 2.20. The molecule has 0 bridgehead atoms. The van der Waals surface area contributed by atoms with Crippen molar-refractivity contribution >= 4 is 40.6 Å². The van der Waals surface area contributed by atoms with Gasteiger partial charge in [-0.25, -0.2) is 0 Å². The number of hydrogen-bond donors (Lipinski definition) is 1. The fourth-order valence-corrected chi connectivity index (χ4v) is 3.10. The zero-order valence-corrected chi connectivity index (χ0v) is 16.3. The summed E-state index contributed by atoms with van der Waals surface area (Å²) in [5, 5.41) is 22.8. The summed E-state index contributed by atoms with van der Waals surface area (Å²) in [7, 11) is 0. The predicted octanol–water partition coefficient (Wildman–Crippen LogP) is 3.93. The van der Waals surface area contributed by atoms with E-state index in [0.29, 0.717) is 28.8 Å². The van der Waals surface area contributed by atoms with Crippen molar-refractivity contribution in [1.82, 2.24) is 19.6 Å². The van der Waals surface area contributed by atoms with Crippen LogP contribution in [0.15, 0.2) is 42.9 Å². The molecule has 1 N–H and O–H groups in total. The van der Waals surface area contributed by atoms with Crippen molar-refractivity contribution in [3.8, 4) is 0 Å². The molecule has 0 fully saturated rings. The number of carbonyl (C=O) groups is 1. The van der Waals surface area contributed by atoms with Crippen molar-refractivity contribution in [2.24, 2.45) is 0 Å². The monoisotopic (exact) mass is 422 g/mol. The summed E-state index contributed by atoms with van der Waals surface area (Å²) in [6.07, 6.45) is 4.46. The molecule has 0 aliphatic heterocycles. The smallest absolute Gasteiger partial charge is 0.307 e. The fraction of sp³-hybridized carbons (Fsp3) is 0.235. The lowest BCUT2D eigenvalue weighted by atomic mass is 10.2. The second-order valence-corrected chi connectivity index (χ2v) is 6.83. The van der Waals surface area contributed by atoms with Crippen LogP contribution in [0.5, 0.6) is 0 Å². The molecule has 0 radical (unpaired) electrons. The summed E-state index contributed by atoms with van der Waals surface area (Å²) < 4.78 is 2.91. The minimum absolute atomic E-state index is 0.171. The summed E-state index contributed by atoms with van der Waals surface area (Å²) >= 11 is 12.1. The third-order valence-corrected chi connectivity index (χ3v) is 4.63. The molecule has 0 aliphatic carbocycles. The molecule has 1 amide bonds. The van der Waals surface area contributed by atoms with Gasteiger partial charge < -0.3 is 5.32 Å². The average molecular weight is 423 g/mol. The van der Waals surface area contributed by atoms with Gasteiger partial charge in [0.1, 0.15) is 18.4 Å². The minimum Gasteiger partial charge on any atom is -0.307 e. The van der Waals surface area contributed by atoms with Gasteiger partial charge >= 0.3 is 5.69 Å². The Kier molecular flexibility index (Phi) is 5.96. The number of rotatable bonds is 7. The van der Waals surface area contributed by atoms with E-state index in [-0.39, 0.29) is 11.6 Å². The van der Waals surface area contributed by atoms with Crippen LogP contribution in [0.2, 0.25) is 10.0 Å². The maximum absolute atomic E-state index is 12.6. The quantitative estimate of drug-likeness (QED) is 0.458. The lowest BCUT2D eigenvalue weighted by molar-refractivity contribution is -0.385. The lowest BCUT2D eigenvalue weighted by Crippen LogP contribution is -2.26. The summed E-state index contributed by atoms with van der Waals surface area (Å²) in [5.74, 6) is -0.00883. The third-order valence-electron chi connectivity index (χ3n) is 4.05. The first kappa shape index (κ1) is 19.8. The highest BCUT2D eigenvalue weighted by Crippen LogP contribution is 2.22. The van der Waals surface area contributed by atoms with Crippen molar-refractivity contribution in [3.05, 3.63) is 68.6 Å². The highest BCUT2D eigenvalue weighted by atomic mass is 35.5. The number of nitro groups is 1. The van der Waals surface area contributed by atoms with Gasteiger partial charge in [-0.15, -0.1) is 0 Å². The number of carbonyl (C=O) groups excluding carboxylic acids is 1. The Morgan fingerprint density at radius 1 is 1.36 bits per heavy atom. The molecule has 0 saturated heterocycles. The molecule has 0 saturated carbocycles. The number of halogens is 2. The number of amides is 1. The van der Waals surface area contributed by atoms with Gasteiger partial charge in [-0.1, -0.05) is 36.2 Å². The van der Waals surface area contributed by atoms with Crippen molar-refractivity contribution in [2.45, 2.75) is 25.9 Å². The van der Waals surface area contributed by atoms with Gasteiger partial charge in [-0.2, -0.15) is 10.2 Å². The zero-order valence-electron chi connectivity index (χ0n) is 14.7. The van der Waals surface area contributed by atoms with Crippen LogP contribution in [0.4, 0.5) is 11.5 Å². The topological polar surface area (TPSA) is 108 Å². The number of anilines is 1. The first-order valence-electron chi connectivity index (χ1n) is 8.34. The van der Waals surface area contributed by atoms with E-state index in [9.17, 15) is 14.9 Å². The van der Waals surface area contributed by atoms with Gasteiger partial charge in [-0.05, 0) is 24.1 Å². The molecule has 1 unspecified atom stereocenters. The second kappa shape index (κ2) is 8.41. The van der Waals surface area contributed by atoms with E-state index < -0.39 is 11.0 Å². The van der Waals surface area contributed by atoms with Gasteiger partial charge in [-0.3, -0.25) is 24.3 Å². The third kappa shape index (κ3) is 4.49. The molecular formula is C17H16Cl2N6O3. The van der Waals surface area contributed by atoms with Gasteiger partial charge in [0, 0.05) is 22.3 Å². The highest BCUT2D eigenvalue weighted by molar-refractivity contribution is 6.35. The molecule has 2 heterocycles. The van der Waals surface area contributed by atoms with Crippen LogP contribution < -0.4 is 5.32 Å². The number of hydrogen-bond acceptors (Lipinski definition) is 5. The molecule has 9 nitrogen and oxygen atoms in total. The zero-order chi connectivity index (χ0) is 20.3. The largest absolute Gasteiger partial charge is 0.307 e. The number of nitrogens with one attached hydrogen (secondary N) is 1. The average Bonchev–Trinajstić information content (AvgIpc) is 3.28. The lowest BCUT2D eigenvalue weighted by Gasteiger charge is -2.14. The van der Waals surface area contributed by atoms with E-state index >= 15 is 0 Å². The van der Waals surface area contributed by atoms with Crippen LogP contribution >= 0.6 is 23.2 Å². The van der Waals surface area contributed by atoms with Crippen LogP contribution in [0, 0.1) is 10.1 Å². The summed E-state index contributed by atoms with van der Waals surface area (Å²) in [5.41, 5.74) is 0.665. The van der Waals surface area contributed by atoms with E-state index in [1.54, 1.807) is 36.0 Å². The van der Waals surface area contributed by atoms with E-state index in [4.69, 9.17) is 23.2 Å². The normalized spacial score (nSPS) is 12.0. The Morgan fingerprint density at radius 2 is 2.14 bits per heavy atom. The second-order valence-electron chi connectivity index (χ2n) is 5.98. The molecule has 0 aliphatic rings. The van der Waals surface area contributed by atoms with Crippen molar-refractivity contribution in [3.63, 3.8) is 0 Å². The molecule has 1 aromatic carbocycles. The molecule has 146 valence electrons. The van der Waals surface area contributed by atoms with Crippen molar-refractivity contribution in [1.29, 1.82) is 0 Å². The summed E-state index contributed by atoms with van der Waals surface area (Å²) in [6, 6.07) is 6.16. The van der Waals surface area contributed by atoms with Crippen molar-refractivity contribution in [2.75, 3.05) is 5.32 Å². The molecule has 3 aromatic rings. The first-order valence-corrected chi connectivity index (χ1v) is 9.09. The number of nitrogens with zero attached hydrogens (tertiary/aromatic N) is 5. The predicted molar refractivity (Wildman–Crippen MR) is 105 cm³/mol. The fourth-order valence-electron chi connectivity index (χ4n) is 2.64. The Balaban J connectivity index is 1.69. The Labute approximate surface area is 170 Å². The van der Waals surface area contributed by atoms with Gasteiger partial charge in [0.05, 0.1) is 11.5 Å². The standard InChI is InChI=1S/C17H16Cl2N6O3/c1-2-15(24-10-13(8-20-24)25(27)28)17(26)21-16-5-6-23(22-16)9-11-3-4-12(18)7-14(11)19/h3-8,10,15H,2,9H2,1H3,(H,21,22,26). The Hall–Kier alpha value is -2.91. The number of aromatic nitrogens is 4. The Bertz CT molecular complexity index is 1020. The van der Waals surface area contributed by atoms with Gasteiger partial charge in [0.25, 0.3) is 0 Å². The molecular weight excluding hydrogens is 407 g/mol. The molecule has 11 heteroatoms.